The van der Waals surface area contributed by atoms with Crippen molar-refractivity contribution in [2.75, 3.05) is 17.2 Å². The Morgan fingerprint density at radius 3 is 2.30 bits per heavy atom. The predicted octanol–water partition coefficient (Wildman–Crippen LogP) is 6.88. The van der Waals surface area contributed by atoms with Crippen LogP contribution in [0.1, 0.15) is 40.1 Å². The van der Waals surface area contributed by atoms with Crippen LogP contribution >= 0.6 is 28.1 Å². The number of ether oxygens (including phenoxy) is 1. The molecule has 0 aliphatic rings. The molecule has 194 valence electrons. The molecule has 0 aliphatic carbocycles. The van der Waals surface area contributed by atoms with E-state index >= 15 is 0 Å². The van der Waals surface area contributed by atoms with Gasteiger partial charge in [-0.2, -0.15) is 13.2 Å². The topological polar surface area (TPSA) is 79.5 Å². The third kappa shape index (κ3) is 8.29. The quantitative estimate of drug-likeness (QED) is 0.260. The van der Waals surface area contributed by atoms with Crippen molar-refractivity contribution >= 4 is 56.4 Å². The molecule has 37 heavy (non-hydrogen) atoms. The van der Waals surface area contributed by atoms with Gasteiger partial charge in [-0.25, -0.2) is 0 Å². The first-order chi connectivity index (χ1) is 17.4. The minimum Gasteiger partial charge on any atom is -0.492 e. The number of carbonyl (C=O) groups excluding carboxylic acids is 2. The van der Waals surface area contributed by atoms with Crippen LogP contribution in [0.4, 0.5) is 24.5 Å². The Kier molecular flexibility index (Phi) is 9.28. The number of halogens is 4. The van der Waals surface area contributed by atoms with Crippen LogP contribution in [0.25, 0.3) is 0 Å². The standard InChI is InChI=1S/C26H23BrF3N3O3S/c1-15(2)14-36-22-11-8-18(27)13-21(22)24(35)33-25(37)32-19-9-6-16(7-10-19)23(34)31-20-5-3-4-17(12-20)26(28,29)30/h3-13,15H,14H2,1-2H3,(H,31,34)(H2,32,33,35,37). The molecule has 0 unspecified atom stereocenters. The molecule has 0 saturated carbocycles. The van der Waals surface area contributed by atoms with Crippen molar-refractivity contribution in [1.29, 1.82) is 0 Å². The third-order valence-corrected chi connectivity index (χ3v) is 5.54. The third-order valence-electron chi connectivity index (χ3n) is 4.84. The van der Waals surface area contributed by atoms with Crippen LogP contribution in [-0.2, 0) is 6.18 Å². The Labute approximate surface area is 225 Å². The van der Waals surface area contributed by atoms with Gasteiger partial charge < -0.3 is 15.4 Å². The number of anilines is 2. The smallest absolute Gasteiger partial charge is 0.416 e. The number of amides is 2. The van der Waals surface area contributed by atoms with Gasteiger partial charge in [-0.3, -0.25) is 14.9 Å². The molecule has 0 heterocycles. The number of rotatable bonds is 7. The van der Waals surface area contributed by atoms with Crippen molar-refractivity contribution in [2.45, 2.75) is 20.0 Å². The first-order valence-corrected chi connectivity index (χ1v) is 12.3. The maximum absolute atomic E-state index is 12.9. The zero-order chi connectivity index (χ0) is 27.2. The van der Waals surface area contributed by atoms with Crippen LogP contribution in [0.3, 0.4) is 0 Å². The summed E-state index contributed by atoms with van der Waals surface area (Å²) in [4.78, 5) is 25.3. The summed E-state index contributed by atoms with van der Waals surface area (Å²) in [5, 5.41) is 7.93. The summed E-state index contributed by atoms with van der Waals surface area (Å²) in [5.74, 6) is -0.342. The van der Waals surface area contributed by atoms with Crippen molar-refractivity contribution in [1.82, 2.24) is 5.32 Å². The number of thiocarbonyl (C=S) groups is 1. The van der Waals surface area contributed by atoms with E-state index < -0.39 is 23.6 Å². The van der Waals surface area contributed by atoms with E-state index in [1.807, 2.05) is 13.8 Å². The second-order valence-corrected chi connectivity index (χ2v) is 9.69. The SMILES string of the molecule is CC(C)COc1ccc(Br)cc1C(=O)NC(=S)Nc1ccc(C(=O)Nc2cccc(C(F)(F)F)c2)cc1. The van der Waals surface area contributed by atoms with Gasteiger partial charge in [0.15, 0.2) is 5.11 Å². The molecule has 0 bridgehead atoms. The van der Waals surface area contributed by atoms with E-state index in [0.717, 1.165) is 12.1 Å². The lowest BCUT2D eigenvalue weighted by Crippen LogP contribution is -2.34. The Morgan fingerprint density at radius 1 is 0.946 bits per heavy atom. The number of hydrogen-bond acceptors (Lipinski definition) is 4. The highest BCUT2D eigenvalue weighted by Gasteiger charge is 2.30. The monoisotopic (exact) mass is 593 g/mol. The molecule has 2 amide bonds. The van der Waals surface area contributed by atoms with Crippen molar-refractivity contribution in [3.63, 3.8) is 0 Å². The number of benzene rings is 3. The summed E-state index contributed by atoms with van der Waals surface area (Å²) < 4.78 is 45.1. The van der Waals surface area contributed by atoms with Gasteiger partial charge in [0.2, 0.25) is 0 Å². The maximum atomic E-state index is 12.9. The highest BCUT2D eigenvalue weighted by atomic mass is 79.9. The van der Waals surface area contributed by atoms with Crippen LogP contribution in [-0.4, -0.2) is 23.5 Å². The van der Waals surface area contributed by atoms with Gasteiger partial charge in [-0.15, -0.1) is 0 Å². The lowest BCUT2D eigenvalue weighted by Gasteiger charge is -2.15. The Bertz CT molecular complexity index is 1300. The largest absolute Gasteiger partial charge is 0.492 e. The zero-order valence-corrected chi connectivity index (χ0v) is 22.2. The zero-order valence-electron chi connectivity index (χ0n) is 19.8. The molecular weight excluding hydrogens is 571 g/mol. The van der Waals surface area contributed by atoms with E-state index in [-0.39, 0.29) is 22.3 Å². The first kappa shape index (κ1) is 28.1. The van der Waals surface area contributed by atoms with Gasteiger partial charge in [0.25, 0.3) is 11.8 Å². The second kappa shape index (κ2) is 12.2. The lowest BCUT2D eigenvalue weighted by atomic mass is 10.1. The van der Waals surface area contributed by atoms with E-state index in [1.54, 1.807) is 30.3 Å². The van der Waals surface area contributed by atoms with Crippen molar-refractivity contribution in [2.24, 2.45) is 5.92 Å². The van der Waals surface area contributed by atoms with Gasteiger partial charge in [0.05, 0.1) is 17.7 Å². The molecule has 3 N–H and O–H groups in total. The Balaban J connectivity index is 1.61. The minimum absolute atomic E-state index is 0.0233. The number of alkyl halides is 3. The van der Waals surface area contributed by atoms with Crippen LogP contribution in [0, 0.1) is 5.92 Å². The van der Waals surface area contributed by atoms with Crippen LogP contribution in [0.2, 0.25) is 0 Å². The normalized spacial score (nSPS) is 11.1. The van der Waals surface area contributed by atoms with E-state index in [9.17, 15) is 22.8 Å². The molecule has 0 atom stereocenters. The molecular formula is C26H23BrF3N3O3S. The van der Waals surface area contributed by atoms with Crippen molar-refractivity contribution in [3.05, 3.63) is 87.9 Å². The number of carbonyl (C=O) groups is 2. The fraction of sp³-hybridized carbons (Fsp3) is 0.192. The molecule has 0 spiro atoms. The Hall–Kier alpha value is -3.44. The summed E-state index contributed by atoms with van der Waals surface area (Å²) in [5.41, 5.74) is 0.184. The maximum Gasteiger partial charge on any atom is 0.416 e. The second-order valence-electron chi connectivity index (χ2n) is 8.36. The Morgan fingerprint density at radius 2 is 1.65 bits per heavy atom. The van der Waals surface area contributed by atoms with E-state index in [2.05, 4.69) is 31.9 Å². The number of hydrogen-bond donors (Lipinski definition) is 3. The molecule has 0 aromatic heterocycles. The van der Waals surface area contributed by atoms with Crippen LogP contribution in [0.15, 0.2) is 71.2 Å². The van der Waals surface area contributed by atoms with Gasteiger partial charge >= 0.3 is 6.18 Å². The van der Waals surface area contributed by atoms with Crippen molar-refractivity contribution < 1.29 is 27.5 Å². The van der Waals surface area contributed by atoms with Crippen LogP contribution in [0.5, 0.6) is 5.75 Å². The molecule has 3 aromatic rings. The molecule has 0 aliphatic heterocycles. The van der Waals surface area contributed by atoms with E-state index in [0.29, 0.717) is 28.1 Å². The molecule has 0 radical (unpaired) electrons. The average Bonchev–Trinajstić information content (AvgIpc) is 2.83. The summed E-state index contributed by atoms with van der Waals surface area (Å²) in [6.45, 7) is 4.44. The summed E-state index contributed by atoms with van der Waals surface area (Å²) >= 11 is 8.59. The fourth-order valence-corrected chi connectivity index (χ4v) is 3.65. The molecule has 3 aromatic carbocycles. The molecule has 6 nitrogen and oxygen atoms in total. The predicted molar refractivity (Wildman–Crippen MR) is 144 cm³/mol. The average molecular weight is 594 g/mol. The molecule has 11 heteroatoms. The number of nitrogens with one attached hydrogen (secondary N) is 3. The van der Waals surface area contributed by atoms with Gasteiger partial charge in [-0.05, 0) is 78.8 Å². The summed E-state index contributed by atoms with van der Waals surface area (Å²) in [7, 11) is 0. The highest BCUT2D eigenvalue weighted by Crippen LogP contribution is 2.31. The van der Waals surface area contributed by atoms with Gasteiger partial charge in [0.1, 0.15) is 5.75 Å². The first-order valence-electron chi connectivity index (χ1n) is 11.1. The van der Waals surface area contributed by atoms with Crippen LogP contribution < -0.4 is 20.7 Å². The van der Waals surface area contributed by atoms with E-state index in [1.165, 1.54) is 24.3 Å². The fourth-order valence-electron chi connectivity index (χ4n) is 3.08. The summed E-state index contributed by atoms with van der Waals surface area (Å²) in [6.07, 6.45) is -4.51. The molecule has 3 rings (SSSR count). The van der Waals surface area contributed by atoms with Gasteiger partial charge in [0, 0.05) is 21.4 Å². The van der Waals surface area contributed by atoms with Gasteiger partial charge in [-0.1, -0.05) is 35.8 Å². The molecule has 0 saturated heterocycles. The lowest BCUT2D eigenvalue weighted by molar-refractivity contribution is -0.137. The van der Waals surface area contributed by atoms with Crippen molar-refractivity contribution in [3.8, 4) is 5.75 Å². The molecule has 0 fully saturated rings. The van der Waals surface area contributed by atoms with E-state index in [4.69, 9.17) is 17.0 Å². The summed E-state index contributed by atoms with van der Waals surface area (Å²) in [6, 6.07) is 15.5. The highest BCUT2D eigenvalue weighted by molar-refractivity contribution is 9.10. The minimum atomic E-state index is -4.51.